The van der Waals surface area contributed by atoms with E-state index >= 15 is 0 Å². The van der Waals surface area contributed by atoms with Gasteiger partial charge in [-0.2, -0.15) is 0 Å². The number of amides is 1. The lowest BCUT2D eigenvalue weighted by Gasteiger charge is -2.26. The molecule has 0 aliphatic carbocycles. The smallest absolute Gasteiger partial charge is 0.335 e. The summed E-state index contributed by atoms with van der Waals surface area (Å²) < 4.78 is 5.83. The van der Waals surface area contributed by atoms with E-state index in [-0.39, 0.29) is 22.9 Å². The predicted octanol–water partition coefficient (Wildman–Crippen LogP) is 4.39. The minimum atomic E-state index is -0.951. The van der Waals surface area contributed by atoms with Gasteiger partial charge in [0.05, 0.1) is 24.8 Å². The number of ether oxygens (including phenoxy) is 1. The molecule has 0 bridgehead atoms. The first-order valence-electron chi connectivity index (χ1n) is 9.58. The molecule has 1 N–H and O–H groups in total. The van der Waals surface area contributed by atoms with E-state index in [1.165, 1.54) is 5.56 Å². The van der Waals surface area contributed by atoms with E-state index in [1.54, 1.807) is 18.2 Å². The maximum atomic E-state index is 12.4. The van der Waals surface area contributed by atoms with Gasteiger partial charge in [-0.1, -0.05) is 45.0 Å². The lowest BCUT2D eigenvalue weighted by molar-refractivity contribution is -0.117. The number of nitrogens with zero attached hydrogens (tertiary/aromatic N) is 1. The van der Waals surface area contributed by atoms with Crippen molar-refractivity contribution >= 4 is 17.6 Å². The minimum Gasteiger partial charge on any atom is -0.478 e. The average molecular weight is 381 g/mol. The van der Waals surface area contributed by atoms with Gasteiger partial charge in [0.1, 0.15) is 0 Å². The van der Waals surface area contributed by atoms with E-state index in [2.05, 4.69) is 32.9 Å². The van der Waals surface area contributed by atoms with Crippen LogP contribution in [0.4, 0.5) is 5.69 Å². The van der Waals surface area contributed by atoms with Crippen molar-refractivity contribution in [1.29, 1.82) is 0 Å². The maximum Gasteiger partial charge on any atom is 0.335 e. The Labute approximate surface area is 165 Å². The van der Waals surface area contributed by atoms with Gasteiger partial charge in [0, 0.05) is 12.1 Å². The molecule has 0 radical (unpaired) electrons. The SMILES string of the molecule is CC(C)(C)c1ccc(N2C(=O)CC[C@@H]2COCc2cccc(C(=O)O)c2)cc1. The topological polar surface area (TPSA) is 66.8 Å². The molecule has 148 valence electrons. The Hall–Kier alpha value is -2.66. The number of rotatable bonds is 6. The number of hydrogen-bond acceptors (Lipinski definition) is 3. The largest absolute Gasteiger partial charge is 0.478 e. The number of hydrogen-bond donors (Lipinski definition) is 1. The highest BCUT2D eigenvalue weighted by atomic mass is 16.5. The fourth-order valence-electron chi connectivity index (χ4n) is 3.48. The molecule has 0 spiro atoms. The molecule has 0 saturated carbocycles. The van der Waals surface area contributed by atoms with Gasteiger partial charge in [-0.25, -0.2) is 4.79 Å². The van der Waals surface area contributed by atoms with Crippen molar-refractivity contribution in [2.75, 3.05) is 11.5 Å². The molecule has 1 fully saturated rings. The summed E-state index contributed by atoms with van der Waals surface area (Å²) in [6.45, 7) is 7.24. The van der Waals surface area contributed by atoms with Crippen LogP contribution in [0.15, 0.2) is 48.5 Å². The van der Waals surface area contributed by atoms with Gasteiger partial charge >= 0.3 is 5.97 Å². The second-order valence-corrected chi connectivity index (χ2v) is 8.27. The van der Waals surface area contributed by atoms with Crippen molar-refractivity contribution < 1.29 is 19.4 Å². The van der Waals surface area contributed by atoms with Crippen LogP contribution >= 0.6 is 0 Å². The van der Waals surface area contributed by atoms with E-state index in [0.29, 0.717) is 19.6 Å². The fourth-order valence-corrected chi connectivity index (χ4v) is 3.48. The molecular weight excluding hydrogens is 354 g/mol. The summed E-state index contributed by atoms with van der Waals surface area (Å²) in [7, 11) is 0. The number of carbonyl (C=O) groups excluding carboxylic acids is 1. The Morgan fingerprint density at radius 3 is 2.54 bits per heavy atom. The van der Waals surface area contributed by atoms with Crippen molar-refractivity contribution in [1.82, 2.24) is 0 Å². The van der Waals surface area contributed by atoms with E-state index in [1.807, 2.05) is 23.1 Å². The lowest BCUT2D eigenvalue weighted by atomic mass is 9.87. The van der Waals surface area contributed by atoms with Gasteiger partial charge in [-0.3, -0.25) is 4.79 Å². The highest BCUT2D eigenvalue weighted by Crippen LogP contribution is 2.30. The van der Waals surface area contributed by atoms with Crippen LogP contribution in [0, 0.1) is 0 Å². The standard InChI is InChI=1S/C23H27NO4/c1-23(2,3)18-7-9-19(10-8-18)24-20(11-12-21(24)25)15-28-14-16-5-4-6-17(13-16)22(26)27/h4-10,13,20H,11-12,14-15H2,1-3H3,(H,26,27)/t20-/m1/s1. The molecule has 1 saturated heterocycles. The summed E-state index contributed by atoms with van der Waals surface area (Å²) in [5.41, 5.74) is 3.26. The molecule has 0 unspecified atom stereocenters. The monoisotopic (exact) mass is 381 g/mol. The number of benzene rings is 2. The Morgan fingerprint density at radius 1 is 1.18 bits per heavy atom. The van der Waals surface area contributed by atoms with Gasteiger partial charge in [-0.05, 0) is 47.2 Å². The van der Waals surface area contributed by atoms with Crippen LogP contribution in [0.1, 0.15) is 55.1 Å². The van der Waals surface area contributed by atoms with Crippen LogP contribution < -0.4 is 4.90 Å². The third-order valence-electron chi connectivity index (χ3n) is 5.09. The quantitative estimate of drug-likeness (QED) is 0.806. The fraction of sp³-hybridized carbons (Fsp3) is 0.391. The van der Waals surface area contributed by atoms with E-state index in [0.717, 1.165) is 17.7 Å². The van der Waals surface area contributed by atoms with Crippen molar-refractivity contribution in [2.24, 2.45) is 0 Å². The van der Waals surface area contributed by atoms with E-state index < -0.39 is 5.97 Å². The number of carbonyl (C=O) groups is 2. The van der Waals surface area contributed by atoms with Crippen molar-refractivity contribution in [3.8, 4) is 0 Å². The Kier molecular flexibility index (Phi) is 5.84. The highest BCUT2D eigenvalue weighted by Gasteiger charge is 2.32. The number of carboxylic acid groups (broad SMARTS) is 1. The summed E-state index contributed by atoms with van der Waals surface area (Å²) in [6, 6.07) is 14.9. The summed E-state index contributed by atoms with van der Waals surface area (Å²) in [4.78, 5) is 25.3. The minimum absolute atomic E-state index is 0.00403. The molecule has 1 aliphatic heterocycles. The molecule has 5 heteroatoms. The van der Waals surface area contributed by atoms with Gasteiger partial charge in [0.2, 0.25) is 5.91 Å². The second kappa shape index (κ2) is 8.15. The van der Waals surface area contributed by atoms with Crippen molar-refractivity contribution in [2.45, 2.75) is 51.7 Å². The molecule has 1 atom stereocenters. The molecule has 2 aromatic carbocycles. The third kappa shape index (κ3) is 4.60. The predicted molar refractivity (Wildman–Crippen MR) is 109 cm³/mol. The van der Waals surface area contributed by atoms with Gasteiger partial charge in [0.15, 0.2) is 0 Å². The lowest BCUT2D eigenvalue weighted by Crippen LogP contribution is -2.36. The average Bonchev–Trinajstić information content (AvgIpc) is 3.02. The number of anilines is 1. The molecule has 2 aromatic rings. The normalized spacial score (nSPS) is 17.2. The number of aromatic carboxylic acids is 1. The van der Waals surface area contributed by atoms with Crippen LogP contribution in [0.2, 0.25) is 0 Å². The van der Waals surface area contributed by atoms with Crippen LogP contribution in [0.3, 0.4) is 0 Å². The zero-order valence-corrected chi connectivity index (χ0v) is 16.6. The van der Waals surface area contributed by atoms with Gasteiger partial charge in [0.25, 0.3) is 0 Å². The summed E-state index contributed by atoms with van der Waals surface area (Å²) in [5.74, 6) is -0.835. The van der Waals surface area contributed by atoms with Crippen molar-refractivity contribution in [3.05, 3.63) is 65.2 Å². The summed E-state index contributed by atoms with van der Waals surface area (Å²) >= 11 is 0. The highest BCUT2D eigenvalue weighted by molar-refractivity contribution is 5.96. The zero-order valence-electron chi connectivity index (χ0n) is 16.6. The van der Waals surface area contributed by atoms with Crippen LogP contribution in [-0.2, 0) is 21.6 Å². The zero-order chi connectivity index (χ0) is 20.3. The first-order chi connectivity index (χ1) is 13.3. The molecule has 1 heterocycles. The molecule has 1 amide bonds. The Balaban J connectivity index is 1.64. The third-order valence-corrected chi connectivity index (χ3v) is 5.09. The first kappa shape index (κ1) is 20.1. The van der Waals surface area contributed by atoms with Crippen molar-refractivity contribution in [3.63, 3.8) is 0 Å². The van der Waals surface area contributed by atoms with Gasteiger partial charge in [-0.15, -0.1) is 0 Å². The second-order valence-electron chi connectivity index (χ2n) is 8.27. The number of carboxylic acids is 1. The molecule has 0 aromatic heterocycles. The summed E-state index contributed by atoms with van der Waals surface area (Å²) in [5, 5.41) is 9.08. The Morgan fingerprint density at radius 2 is 1.89 bits per heavy atom. The van der Waals surface area contributed by atoms with Gasteiger partial charge < -0.3 is 14.7 Å². The molecule has 1 aliphatic rings. The molecular formula is C23H27NO4. The maximum absolute atomic E-state index is 12.4. The van der Waals surface area contributed by atoms with E-state index in [9.17, 15) is 9.59 Å². The van der Waals surface area contributed by atoms with Crippen LogP contribution in [-0.4, -0.2) is 29.6 Å². The van der Waals surface area contributed by atoms with E-state index in [4.69, 9.17) is 9.84 Å². The molecule has 5 nitrogen and oxygen atoms in total. The Bertz CT molecular complexity index is 852. The van der Waals surface area contributed by atoms with Crippen LogP contribution in [0.25, 0.3) is 0 Å². The first-order valence-corrected chi connectivity index (χ1v) is 9.58. The summed E-state index contributed by atoms with van der Waals surface area (Å²) in [6.07, 6.45) is 1.28. The molecule has 3 rings (SSSR count). The molecule has 28 heavy (non-hydrogen) atoms. The van der Waals surface area contributed by atoms with Crippen LogP contribution in [0.5, 0.6) is 0 Å².